The molecule has 6 nitrogen and oxygen atoms in total. The summed E-state index contributed by atoms with van der Waals surface area (Å²) >= 11 is 0. The summed E-state index contributed by atoms with van der Waals surface area (Å²) in [5.41, 5.74) is 3.42. The molecule has 0 aromatic heterocycles. The van der Waals surface area contributed by atoms with Gasteiger partial charge in [0, 0.05) is 25.6 Å². The molecule has 0 unspecified atom stereocenters. The summed E-state index contributed by atoms with van der Waals surface area (Å²) in [6, 6.07) is 13.3. The lowest BCUT2D eigenvalue weighted by Crippen LogP contribution is -2.35. The minimum absolute atomic E-state index is 0.0218. The van der Waals surface area contributed by atoms with Gasteiger partial charge in [0.15, 0.2) is 0 Å². The predicted octanol–water partition coefficient (Wildman–Crippen LogP) is 3.43. The van der Waals surface area contributed by atoms with E-state index in [0.29, 0.717) is 6.54 Å². The molecule has 0 radical (unpaired) electrons. The van der Waals surface area contributed by atoms with E-state index >= 15 is 0 Å². The second kappa shape index (κ2) is 9.40. The first-order valence-corrected chi connectivity index (χ1v) is 12.5. The zero-order valence-electron chi connectivity index (χ0n) is 18.0. The summed E-state index contributed by atoms with van der Waals surface area (Å²) in [5.74, 6) is 0.760. The van der Waals surface area contributed by atoms with Crippen LogP contribution in [-0.4, -0.2) is 38.9 Å². The molecule has 0 atom stereocenters. The van der Waals surface area contributed by atoms with Gasteiger partial charge in [0.25, 0.3) is 0 Å². The lowest BCUT2D eigenvalue weighted by atomic mass is 9.92. The van der Waals surface area contributed by atoms with Crippen molar-refractivity contribution in [2.24, 2.45) is 0 Å². The topological polar surface area (TPSA) is 75.7 Å². The predicted molar refractivity (Wildman–Crippen MR) is 119 cm³/mol. The zero-order valence-corrected chi connectivity index (χ0v) is 18.8. The minimum Gasteiger partial charge on any atom is -0.497 e. The van der Waals surface area contributed by atoms with E-state index in [1.807, 2.05) is 35.2 Å². The maximum atomic E-state index is 12.8. The normalized spacial score (nSPS) is 15.9. The highest BCUT2D eigenvalue weighted by molar-refractivity contribution is 7.89. The Labute approximate surface area is 184 Å². The lowest BCUT2D eigenvalue weighted by Gasteiger charge is -2.23. The van der Waals surface area contributed by atoms with E-state index in [0.717, 1.165) is 55.4 Å². The van der Waals surface area contributed by atoms with Crippen molar-refractivity contribution in [2.45, 2.75) is 62.4 Å². The van der Waals surface area contributed by atoms with E-state index in [4.69, 9.17) is 4.74 Å². The van der Waals surface area contributed by atoms with Crippen molar-refractivity contribution in [3.8, 4) is 5.75 Å². The number of ether oxygens (including phenoxy) is 1. The van der Waals surface area contributed by atoms with Crippen LogP contribution in [0.3, 0.4) is 0 Å². The molecule has 2 aromatic carbocycles. The first-order chi connectivity index (χ1) is 15.0. The van der Waals surface area contributed by atoms with Gasteiger partial charge in [-0.25, -0.2) is 13.1 Å². The molecule has 1 N–H and O–H groups in total. The molecule has 31 heavy (non-hydrogen) atoms. The van der Waals surface area contributed by atoms with Crippen molar-refractivity contribution in [2.75, 3.05) is 13.7 Å². The van der Waals surface area contributed by atoms with Crippen molar-refractivity contribution in [1.82, 2.24) is 9.62 Å². The fraction of sp³-hybridized carbons (Fsp3) is 0.458. The lowest BCUT2D eigenvalue weighted by molar-refractivity contribution is -0.132. The van der Waals surface area contributed by atoms with E-state index in [1.165, 1.54) is 5.56 Å². The van der Waals surface area contributed by atoms with Gasteiger partial charge in [-0.3, -0.25) is 4.79 Å². The SMILES string of the molecule is COc1ccc(CN(C(=O)CCNS(=O)(=O)c2ccc3c(c2)CCCC3)C2CC2)cc1. The van der Waals surface area contributed by atoms with Crippen molar-refractivity contribution in [1.29, 1.82) is 0 Å². The number of methoxy groups -OCH3 is 1. The number of carbonyl (C=O) groups is 1. The van der Waals surface area contributed by atoms with Crippen LogP contribution in [0.15, 0.2) is 47.4 Å². The minimum atomic E-state index is -3.62. The average Bonchev–Trinajstić information content (AvgIpc) is 3.62. The van der Waals surface area contributed by atoms with Gasteiger partial charge < -0.3 is 9.64 Å². The molecule has 1 fully saturated rings. The number of sulfonamides is 1. The number of amides is 1. The number of benzene rings is 2. The molecule has 0 spiro atoms. The summed E-state index contributed by atoms with van der Waals surface area (Å²) in [7, 11) is -2.00. The highest BCUT2D eigenvalue weighted by Crippen LogP contribution is 2.29. The van der Waals surface area contributed by atoms with E-state index in [-0.39, 0.29) is 29.8 Å². The molecule has 2 aliphatic carbocycles. The molecular formula is C24H30N2O4S. The third-order valence-electron chi connectivity index (χ3n) is 6.08. The monoisotopic (exact) mass is 442 g/mol. The quantitative estimate of drug-likeness (QED) is 0.646. The summed E-state index contributed by atoms with van der Waals surface area (Å²) in [6.45, 7) is 0.634. The van der Waals surface area contributed by atoms with Gasteiger partial charge in [-0.1, -0.05) is 18.2 Å². The number of rotatable bonds is 9. The molecule has 4 rings (SSSR count). The second-order valence-electron chi connectivity index (χ2n) is 8.39. The standard InChI is InChI=1S/C24H30N2O4S/c1-30-22-11-6-18(7-12-22)17-26(21-9-10-21)24(27)14-15-25-31(28,29)23-13-8-19-4-2-3-5-20(19)16-23/h6-8,11-13,16,21,25H,2-5,9-10,14-15,17H2,1H3. The molecule has 2 aromatic rings. The third-order valence-corrected chi connectivity index (χ3v) is 7.54. The number of hydrogen-bond donors (Lipinski definition) is 1. The van der Waals surface area contributed by atoms with Crippen LogP contribution in [0, 0.1) is 0 Å². The van der Waals surface area contributed by atoms with Gasteiger partial charge in [-0.05, 0) is 79.5 Å². The second-order valence-corrected chi connectivity index (χ2v) is 10.2. The molecular weight excluding hydrogens is 412 g/mol. The molecule has 0 saturated heterocycles. The van der Waals surface area contributed by atoms with Crippen LogP contribution in [0.1, 0.15) is 48.8 Å². The van der Waals surface area contributed by atoms with Crippen molar-refractivity contribution in [3.63, 3.8) is 0 Å². The summed E-state index contributed by atoms with van der Waals surface area (Å²) in [5, 5.41) is 0. The van der Waals surface area contributed by atoms with Crippen LogP contribution in [-0.2, 0) is 34.2 Å². The van der Waals surface area contributed by atoms with E-state index in [2.05, 4.69) is 4.72 Å². The van der Waals surface area contributed by atoms with Crippen LogP contribution in [0.5, 0.6) is 5.75 Å². The summed E-state index contributed by atoms with van der Waals surface area (Å²) in [4.78, 5) is 15.0. The molecule has 166 valence electrons. The van der Waals surface area contributed by atoms with Crippen LogP contribution in [0.4, 0.5) is 0 Å². The van der Waals surface area contributed by atoms with Gasteiger partial charge >= 0.3 is 0 Å². The zero-order chi connectivity index (χ0) is 21.8. The first-order valence-electron chi connectivity index (χ1n) is 11.0. The van der Waals surface area contributed by atoms with Crippen LogP contribution >= 0.6 is 0 Å². The molecule has 0 bridgehead atoms. The smallest absolute Gasteiger partial charge is 0.240 e. The molecule has 0 heterocycles. The Kier molecular flexibility index (Phi) is 6.62. The van der Waals surface area contributed by atoms with Gasteiger partial charge in [0.1, 0.15) is 5.75 Å². The number of carbonyl (C=O) groups excluding carboxylic acids is 1. The number of fused-ring (bicyclic) bond motifs is 1. The Hall–Kier alpha value is -2.38. The molecule has 1 amide bonds. The maximum Gasteiger partial charge on any atom is 0.240 e. The summed E-state index contributed by atoms with van der Waals surface area (Å²) in [6.07, 6.45) is 6.36. The Bertz CT molecular complexity index is 1030. The Morgan fingerprint density at radius 2 is 1.77 bits per heavy atom. The number of aryl methyl sites for hydroxylation is 2. The van der Waals surface area contributed by atoms with E-state index < -0.39 is 10.0 Å². The largest absolute Gasteiger partial charge is 0.497 e. The van der Waals surface area contributed by atoms with Gasteiger partial charge in [0.05, 0.1) is 12.0 Å². The van der Waals surface area contributed by atoms with Crippen molar-refractivity contribution in [3.05, 3.63) is 59.2 Å². The van der Waals surface area contributed by atoms with Gasteiger partial charge in [-0.2, -0.15) is 0 Å². The Morgan fingerprint density at radius 1 is 1.06 bits per heavy atom. The number of nitrogens with one attached hydrogen (secondary N) is 1. The van der Waals surface area contributed by atoms with Crippen LogP contribution in [0.2, 0.25) is 0 Å². The molecule has 1 saturated carbocycles. The van der Waals surface area contributed by atoms with Crippen molar-refractivity contribution >= 4 is 15.9 Å². The molecule has 7 heteroatoms. The van der Waals surface area contributed by atoms with Gasteiger partial charge in [-0.15, -0.1) is 0 Å². The summed E-state index contributed by atoms with van der Waals surface area (Å²) < 4.78 is 33.2. The van der Waals surface area contributed by atoms with Gasteiger partial charge in [0.2, 0.25) is 15.9 Å². The molecule has 2 aliphatic rings. The van der Waals surface area contributed by atoms with E-state index in [9.17, 15) is 13.2 Å². The average molecular weight is 443 g/mol. The fourth-order valence-corrected chi connectivity index (χ4v) is 5.21. The maximum absolute atomic E-state index is 12.8. The fourth-order valence-electron chi connectivity index (χ4n) is 4.13. The highest BCUT2D eigenvalue weighted by atomic mass is 32.2. The Balaban J connectivity index is 1.34. The Morgan fingerprint density at radius 3 is 2.45 bits per heavy atom. The van der Waals surface area contributed by atoms with Crippen molar-refractivity contribution < 1.29 is 17.9 Å². The number of hydrogen-bond acceptors (Lipinski definition) is 4. The van der Waals surface area contributed by atoms with Crippen LogP contribution < -0.4 is 9.46 Å². The van der Waals surface area contributed by atoms with E-state index in [1.54, 1.807) is 19.2 Å². The highest BCUT2D eigenvalue weighted by Gasteiger charge is 2.32. The number of nitrogens with zero attached hydrogens (tertiary/aromatic N) is 1. The third kappa shape index (κ3) is 5.46. The molecule has 0 aliphatic heterocycles. The first kappa shape index (κ1) is 21.8. The van der Waals surface area contributed by atoms with Crippen LogP contribution in [0.25, 0.3) is 0 Å².